The van der Waals surface area contributed by atoms with Crippen molar-refractivity contribution in [2.75, 3.05) is 5.32 Å². The fourth-order valence-corrected chi connectivity index (χ4v) is 1.58. The summed E-state index contributed by atoms with van der Waals surface area (Å²) in [7, 11) is 0. The quantitative estimate of drug-likeness (QED) is 0.810. The number of aromatic nitrogens is 2. The molecule has 1 heterocycles. The monoisotopic (exact) mass is 228 g/mol. The van der Waals surface area contributed by atoms with E-state index in [0.29, 0.717) is 17.5 Å². The molecule has 0 radical (unpaired) electrons. The second-order valence-corrected chi connectivity index (χ2v) is 4.97. The average molecular weight is 228 g/mol. The Hall–Kier alpha value is -1.01. The summed E-state index contributed by atoms with van der Waals surface area (Å²) in [5, 5.41) is 11.7. The first-order valence-corrected chi connectivity index (χ1v) is 5.66. The molecule has 3 N–H and O–H groups in total. The van der Waals surface area contributed by atoms with Crippen LogP contribution < -0.4 is 11.1 Å². The summed E-state index contributed by atoms with van der Waals surface area (Å²) >= 11 is 1.36. The molecule has 0 aliphatic rings. The molecule has 0 spiro atoms. The van der Waals surface area contributed by atoms with E-state index in [2.05, 4.69) is 15.5 Å². The third kappa shape index (κ3) is 3.93. The van der Waals surface area contributed by atoms with Gasteiger partial charge in [-0.1, -0.05) is 25.2 Å². The average Bonchev–Trinajstić information content (AvgIpc) is 2.50. The normalized spacial score (nSPS) is 12.9. The van der Waals surface area contributed by atoms with Crippen LogP contribution in [0.15, 0.2) is 0 Å². The Morgan fingerprint density at radius 3 is 2.67 bits per heavy atom. The van der Waals surface area contributed by atoms with Crippen LogP contribution in [0.2, 0.25) is 0 Å². The molecule has 1 amide bonds. The SMILES string of the molecule is Cc1nnc(NC(=O)CC(N)C(C)C)s1. The molecule has 5 nitrogen and oxygen atoms in total. The van der Waals surface area contributed by atoms with Gasteiger partial charge in [-0.05, 0) is 12.8 Å². The van der Waals surface area contributed by atoms with Crippen molar-refractivity contribution in [1.29, 1.82) is 0 Å². The summed E-state index contributed by atoms with van der Waals surface area (Å²) in [5.74, 6) is 0.194. The number of nitrogens with two attached hydrogens (primary N) is 1. The van der Waals surface area contributed by atoms with Crippen LogP contribution in [0.1, 0.15) is 25.3 Å². The molecule has 0 aliphatic carbocycles. The van der Waals surface area contributed by atoms with Crippen molar-refractivity contribution in [3.05, 3.63) is 5.01 Å². The zero-order valence-corrected chi connectivity index (χ0v) is 9.97. The van der Waals surface area contributed by atoms with E-state index in [1.807, 2.05) is 20.8 Å². The highest BCUT2D eigenvalue weighted by atomic mass is 32.1. The molecule has 1 aromatic heterocycles. The predicted octanol–water partition coefficient (Wildman–Crippen LogP) is 1.16. The van der Waals surface area contributed by atoms with Gasteiger partial charge in [0.2, 0.25) is 11.0 Å². The van der Waals surface area contributed by atoms with E-state index < -0.39 is 0 Å². The Kier molecular flexibility index (Phi) is 4.16. The smallest absolute Gasteiger partial charge is 0.227 e. The van der Waals surface area contributed by atoms with Gasteiger partial charge >= 0.3 is 0 Å². The Balaban J connectivity index is 2.43. The number of carbonyl (C=O) groups is 1. The lowest BCUT2D eigenvalue weighted by molar-refractivity contribution is -0.116. The Labute approximate surface area is 93.1 Å². The van der Waals surface area contributed by atoms with Crippen LogP contribution in [0.5, 0.6) is 0 Å². The van der Waals surface area contributed by atoms with Crippen LogP contribution in [-0.2, 0) is 4.79 Å². The summed E-state index contributed by atoms with van der Waals surface area (Å²) in [5.41, 5.74) is 5.78. The highest BCUT2D eigenvalue weighted by Crippen LogP contribution is 2.14. The van der Waals surface area contributed by atoms with Crippen molar-refractivity contribution < 1.29 is 4.79 Å². The molecule has 0 bridgehead atoms. The van der Waals surface area contributed by atoms with E-state index in [0.717, 1.165) is 5.01 Å². The molecule has 6 heteroatoms. The van der Waals surface area contributed by atoms with E-state index in [-0.39, 0.29) is 11.9 Å². The summed E-state index contributed by atoms with van der Waals surface area (Å²) in [6.07, 6.45) is 0.316. The van der Waals surface area contributed by atoms with Crippen molar-refractivity contribution >= 4 is 22.4 Å². The Bertz CT molecular complexity index is 337. The molecule has 0 saturated heterocycles. The van der Waals surface area contributed by atoms with E-state index in [9.17, 15) is 4.79 Å². The molecule has 15 heavy (non-hydrogen) atoms. The zero-order valence-electron chi connectivity index (χ0n) is 9.15. The van der Waals surface area contributed by atoms with Crippen molar-refractivity contribution in [2.45, 2.75) is 33.2 Å². The molecule has 1 rings (SSSR count). The molecule has 1 unspecified atom stereocenters. The van der Waals surface area contributed by atoms with Gasteiger partial charge in [0.15, 0.2) is 0 Å². The third-order valence-corrected chi connectivity index (χ3v) is 2.80. The second kappa shape index (κ2) is 5.18. The maximum atomic E-state index is 11.5. The topological polar surface area (TPSA) is 80.9 Å². The van der Waals surface area contributed by atoms with Crippen LogP contribution in [-0.4, -0.2) is 22.1 Å². The van der Waals surface area contributed by atoms with Crippen LogP contribution in [0.4, 0.5) is 5.13 Å². The number of hydrogen-bond donors (Lipinski definition) is 2. The van der Waals surface area contributed by atoms with Crippen molar-refractivity contribution in [2.24, 2.45) is 11.7 Å². The van der Waals surface area contributed by atoms with Crippen LogP contribution in [0, 0.1) is 12.8 Å². The molecule has 1 aromatic rings. The summed E-state index contributed by atoms with van der Waals surface area (Å²) in [6, 6.07) is -0.112. The number of carbonyl (C=O) groups excluding carboxylic acids is 1. The third-order valence-electron chi connectivity index (χ3n) is 2.05. The summed E-state index contributed by atoms with van der Waals surface area (Å²) in [4.78, 5) is 11.5. The Morgan fingerprint density at radius 1 is 1.53 bits per heavy atom. The summed E-state index contributed by atoms with van der Waals surface area (Å²) in [6.45, 7) is 5.83. The Morgan fingerprint density at radius 2 is 2.20 bits per heavy atom. The molecule has 84 valence electrons. The number of nitrogens with one attached hydrogen (secondary N) is 1. The lowest BCUT2D eigenvalue weighted by Crippen LogP contribution is -2.31. The van der Waals surface area contributed by atoms with E-state index >= 15 is 0 Å². The number of anilines is 1. The molecular weight excluding hydrogens is 212 g/mol. The lowest BCUT2D eigenvalue weighted by Gasteiger charge is -2.13. The van der Waals surface area contributed by atoms with Crippen LogP contribution >= 0.6 is 11.3 Å². The molecule has 0 aromatic carbocycles. The molecular formula is C9H16N4OS. The van der Waals surface area contributed by atoms with E-state index in [1.54, 1.807) is 0 Å². The number of amides is 1. The lowest BCUT2D eigenvalue weighted by atomic mass is 10.0. The van der Waals surface area contributed by atoms with Gasteiger partial charge in [-0.2, -0.15) is 0 Å². The number of hydrogen-bond acceptors (Lipinski definition) is 5. The molecule has 1 atom stereocenters. The molecule has 0 fully saturated rings. The van der Waals surface area contributed by atoms with Gasteiger partial charge in [0.05, 0.1) is 0 Å². The number of aryl methyl sites for hydroxylation is 1. The maximum Gasteiger partial charge on any atom is 0.227 e. The second-order valence-electron chi connectivity index (χ2n) is 3.79. The first-order chi connectivity index (χ1) is 6.99. The first-order valence-electron chi connectivity index (χ1n) is 4.84. The maximum absolute atomic E-state index is 11.5. The largest absolute Gasteiger partial charge is 0.327 e. The number of nitrogens with zero attached hydrogens (tertiary/aromatic N) is 2. The van der Waals surface area contributed by atoms with Gasteiger partial charge < -0.3 is 11.1 Å². The van der Waals surface area contributed by atoms with E-state index in [1.165, 1.54) is 11.3 Å². The van der Waals surface area contributed by atoms with Crippen LogP contribution in [0.3, 0.4) is 0 Å². The fourth-order valence-electron chi connectivity index (χ4n) is 0.967. The van der Waals surface area contributed by atoms with Crippen LogP contribution in [0.25, 0.3) is 0 Å². The number of rotatable bonds is 4. The zero-order chi connectivity index (χ0) is 11.4. The van der Waals surface area contributed by atoms with Gasteiger partial charge in [0.25, 0.3) is 0 Å². The van der Waals surface area contributed by atoms with E-state index in [4.69, 9.17) is 5.73 Å². The first kappa shape index (κ1) is 12.1. The molecule has 0 saturated carbocycles. The van der Waals surface area contributed by atoms with Gasteiger partial charge in [-0.3, -0.25) is 4.79 Å². The highest BCUT2D eigenvalue weighted by molar-refractivity contribution is 7.15. The van der Waals surface area contributed by atoms with Gasteiger partial charge in [0, 0.05) is 12.5 Å². The molecule has 0 aliphatic heterocycles. The van der Waals surface area contributed by atoms with Crippen molar-refractivity contribution in [3.63, 3.8) is 0 Å². The summed E-state index contributed by atoms with van der Waals surface area (Å²) < 4.78 is 0. The minimum absolute atomic E-state index is 0.104. The fraction of sp³-hybridized carbons (Fsp3) is 0.667. The predicted molar refractivity (Wildman–Crippen MR) is 60.7 cm³/mol. The highest BCUT2D eigenvalue weighted by Gasteiger charge is 2.14. The minimum atomic E-state index is -0.112. The minimum Gasteiger partial charge on any atom is -0.327 e. The standard InChI is InChI=1S/C9H16N4OS/c1-5(2)7(10)4-8(14)11-9-13-12-6(3)15-9/h5,7H,4,10H2,1-3H3,(H,11,13,14). The van der Waals surface area contributed by atoms with Gasteiger partial charge in [0.1, 0.15) is 5.01 Å². The van der Waals surface area contributed by atoms with Gasteiger partial charge in [-0.25, -0.2) is 0 Å². The van der Waals surface area contributed by atoms with Gasteiger partial charge in [-0.15, -0.1) is 10.2 Å². The van der Waals surface area contributed by atoms with Crippen molar-refractivity contribution in [3.8, 4) is 0 Å². The van der Waals surface area contributed by atoms with Crippen molar-refractivity contribution in [1.82, 2.24) is 10.2 Å².